The van der Waals surface area contributed by atoms with Crippen LogP contribution in [-0.4, -0.2) is 55.4 Å². The fourth-order valence-electron chi connectivity index (χ4n) is 1.96. The molecule has 1 atom stereocenters. The predicted molar refractivity (Wildman–Crippen MR) is 63.0 cm³/mol. The van der Waals surface area contributed by atoms with Gasteiger partial charge in [-0.1, -0.05) is 6.92 Å². The molecule has 3 heteroatoms. The largest absolute Gasteiger partial charge is 0.308 e. The Bertz CT molecular complexity index is 212. The molecule has 0 aliphatic heterocycles. The van der Waals surface area contributed by atoms with Crippen LogP contribution in [0.25, 0.3) is 0 Å². The van der Waals surface area contributed by atoms with Crippen molar-refractivity contribution in [2.24, 2.45) is 5.92 Å². The number of ketones is 1. The highest BCUT2D eigenvalue weighted by Gasteiger charge is 2.30. The number of carbonyl (C=O) groups is 1. The van der Waals surface area contributed by atoms with E-state index in [0.29, 0.717) is 24.3 Å². The number of likely N-dealkylation sites (N-methyl/N-ethyl adjacent to an activating group) is 2. The Balaban J connectivity index is 2.35. The first kappa shape index (κ1) is 12.7. The van der Waals surface area contributed by atoms with Gasteiger partial charge >= 0.3 is 0 Å². The molecule has 0 saturated heterocycles. The van der Waals surface area contributed by atoms with Crippen molar-refractivity contribution in [3.05, 3.63) is 0 Å². The van der Waals surface area contributed by atoms with Gasteiger partial charge in [0.05, 0.1) is 6.54 Å². The second-order valence-corrected chi connectivity index (χ2v) is 4.91. The highest BCUT2D eigenvalue weighted by molar-refractivity contribution is 5.85. The second-order valence-electron chi connectivity index (χ2n) is 4.91. The van der Waals surface area contributed by atoms with Gasteiger partial charge in [0.2, 0.25) is 0 Å². The first-order valence-corrected chi connectivity index (χ1v) is 5.96. The molecule has 15 heavy (non-hydrogen) atoms. The van der Waals surface area contributed by atoms with E-state index in [2.05, 4.69) is 37.7 Å². The SMILES string of the molecule is CCN(CC(=O)C1CC1)C(C)CN(C)C. The van der Waals surface area contributed by atoms with Crippen LogP contribution >= 0.6 is 0 Å². The Kier molecular flexibility index (Phi) is 4.74. The molecule has 88 valence electrons. The third-order valence-corrected chi connectivity index (χ3v) is 3.05. The van der Waals surface area contributed by atoms with Crippen LogP contribution < -0.4 is 0 Å². The highest BCUT2D eigenvalue weighted by Crippen LogP contribution is 2.30. The number of hydrogen-bond acceptors (Lipinski definition) is 3. The van der Waals surface area contributed by atoms with E-state index in [1.165, 1.54) is 0 Å². The maximum absolute atomic E-state index is 11.7. The van der Waals surface area contributed by atoms with Crippen LogP contribution in [0, 0.1) is 5.92 Å². The van der Waals surface area contributed by atoms with Crippen molar-refractivity contribution >= 4 is 5.78 Å². The lowest BCUT2D eigenvalue weighted by Gasteiger charge is -2.29. The second kappa shape index (κ2) is 5.61. The van der Waals surface area contributed by atoms with E-state index in [0.717, 1.165) is 25.9 Å². The van der Waals surface area contributed by atoms with Crippen molar-refractivity contribution in [1.82, 2.24) is 9.80 Å². The minimum absolute atomic E-state index is 0.394. The van der Waals surface area contributed by atoms with Crippen molar-refractivity contribution in [1.29, 1.82) is 0 Å². The molecule has 1 rings (SSSR count). The highest BCUT2D eigenvalue weighted by atomic mass is 16.1. The molecule has 0 aromatic carbocycles. The van der Waals surface area contributed by atoms with Gasteiger partial charge in [0.25, 0.3) is 0 Å². The van der Waals surface area contributed by atoms with Gasteiger partial charge in [-0.2, -0.15) is 0 Å². The molecule has 0 N–H and O–H groups in total. The summed E-state index contributed by atoms with van der Waals surface area (Å²) in [6, 6.07) is 0.465. The summed E-state index contributed by atoms with van der Waals surface area (Å²) < 4.78 is 0. The summed E-state index contributed by atoms with van der Waals surface area (Å²) in [4.78, 5) is 16.2. The molecule has 1 fully saturated rings. The zero-order chi connectivity index (χ0) is 11.4. The van der Waals surface area contributed by atoms with E-state index in [1.54, 1.807) is 0 Å². The Morgan fingerprint density at radius 1 is 1.40 bits per heavy atom. The minimum Gasteiger partial charge on any atom is -0.308 e. The molecule has 0 bridgehead atoms. The van der Waals surface area contributed by atoms with Crippen molar-refractivity contribution in [2.45, 2.75) is 32.7 Å². The molecular weight excluding hydrogens is 188 g/mol. The average molecular weight is 212 g/mol. The fraction of sp³-hybridized carbons (Fsp3) is 0.917. The summed E-state index contributed by atoms with van der Waals surface area (Å²) in [6.07, 6.45) is 2.25. The lowest BCUT2D eigenvalue weighted by atomic mass is 10.2. The van der Waals surface area contributed by atoms with E-state index in [-0.39, 0.29) is 0 Å². The van der Waals surface area contributed by atoms with Crippen LogP contribution in [0.1, 0.15) is 26.7 Å². The molecule has 1 aliphatic rings. The molecule has 0 amide bonds. The van der Waals surface area contributed by atoms with E-state index < -0.39 is 0 Å². The van der Waals surface area contributed by atoms with Gasteiger partial charge in [-0.3, -0.25) is 9.69 Å². The Morgan fingerprint density at radius 3 is 2.40 bits per heavy atom. The summed E-state index contributed by atoms with van der Waals surface area (Å²) in [5, 5.41) is 0. The lowest BCUT2D eigenvalue weighted by molar-refractivity contribution is -0.121. The van der Waals surface area contributed by atoms with Gasteiger partial charge in [0.1, 0.15) is 5.78 Å². The zero-order valence-corrected chi connectivity index (χ0v) is 10.5. The quantitative estimate of drug-likeness (QED) is 0.634. The fourth-order valence-corrected chi connectivity index (χ4v) is 1.96. The standard InChI is InChI=1S/C12H24N2O/c1-5-14(10(2)8-13(3)4)9-12(15)11-6-7-11/h10-11H,5-9H2,1-4H3. The number of nitrogens with zero attached hydrogens (tertiary/aromatic N) is 2. The minimum atomic E-state index is 0.394. The molecule has 0 heterocycles. The van der Waals surface area contributed by atoms with Crippen LogP contribution in [0.4, 0.5) is 0 Å². The Labute approximate surface area is 93.4 Å². The van der Waals surface area contributed by atoms with Crippen molar-refractivity contribution < 1.29 is 4.79 Å². The van der Waals surface area contributed by atoms with Crippen LogP contribution in [0.2, 0.25) is 0 Å². The van der Waals surface area contributed by atoms with Crippen LogP contribution in [-0.2, 0) is 4.79 Å². The third-order valence-electron chi connectivity index (χ3n) is 3.05. The van der Waals surface area contributed by atoms with Gasteiger partial charge in [0, 0.05) is 18.5 Å². The molecule has 0 radical (unpaired) electrons. The summed E-state index contributed by atoms with van der Waals surface area (Å²) in [5.74, 6) is 0.841. The molecule has 1 aliphatic carbocycles. The predicted octanol–water partition coefficient (Wildman–Crippen LogP) is 1.24. The third kappa shape index (κ3) is 4.31. The first-order valence-electron chi connectivity index (χ1n) is 5.96. The molecule has 0 aromatic heterocycles. The van der Waals surface area contributed by atoms with Gasteiger partial charge in [-0.05, 0) is 40.4 Å². The maximum atomic E-state index is 11.7. The number of hydrogen-bond donors (Lipinski definition) is 0. The average Bonchev–Trinajstić information content (AvgIpc) is 2.95. The zero-order valence-electron chi connectivity index (χ0n) is 10.5. The van der Waals surface area contributed by atoms with E-state index in [1.807, 2.05) is 0 Å². The van der Waals surface area contributed by atoms with Gasteiger partial charge < -0.3 is 4.90 Å². The Morgan fingerprint density at radius 2 is 2.00 bits per heavy atom. The van der Waals surface area contributed by atoms with Crippen molar-refractivity contribution in [3.8, 4) is 0 Å². The van der Waals surface area contributed by atoms with Crippen molar-refractivity contribution in [2.75, 3.05) is 33.7 Å². The number of carbonyl (C=O) groups excluding carboxylic acids is 1. The lowest BCUT2D eigenvalue weighted by Crippen LogP contribution is -2.42. The van der Waals surface area contributed by atoms with E-state index >= 15 is 0 Å². The van der Waals surface area contributed by atoms with Crippen LogP contribution in [0.3, 0.4) is 0 Å². The van der Waals surface area contributed by atoms with Gasteiger partial charge in [-0.15, -0.1) is 0 Å². The monoisotopic (exact) mass is 212 g/mol. The molecular formula is C12H24N2O. The smallest absolute Gasteiger partial charge is 0.149 e. The topological polar surface area (TPSA) is 23.6 Å². The molecule has 1 saturated carbocycles. The summed E-state index contributed by atoms with van der Waals surface area (Å²) in [5.41, 5.74) is 0. The summed E-state index contributed by atoms with van der Waals surface area (Å²) in [7, 11) is 4.15. The number of rotatable bonds is 7. The van der Waals surface area contributed by atoms with Crippen molar-refractivity contribution in [3.63, 3.8) is 0 Å². The molecule has 1 unspecified atom stereocenters. The van der Waals surface area contributed by atoms with Crippen LogP contribution in [0.15, 0.2) is 0 Å². The molecule has 0 aromatic rings. The van der Waals surface area contributed by atoms with Crippen LogP contribution in [0.5, 0.6) is 0 Å². The summed E-state index contributed by atoms with van der Waals surface area (Å²) >= 11 is 0. The van der Waals surface area contributed by atoms with E-state index in [9.17, 15) is 4.79 Å². The van der Waals surface area contributed by atoms with Gasteiger partial charge in [-0.25, -0.2) is 0 Å². The number of Topliss-reactive ketones (excluding diaryl/α,β-unsaturated/α-hetero) is 1. The molecule has 3 nitrogen and oxygen atoms in total. The maximum Gasteiger partial charge on any atom is 0.149 e. The van der Waals surface area contributed by atoms with Gasteiger partial charge in [0.15, 0.2) is 0 Å². The normalized spacial score (nSPS) is 18.5. The Hall–Kier alpha value is -0.410. The first-order chi connectivity index (χ1) is 7.04. The molecule has 0 spiro atoms. The summed E-state index contributed by atoms with van der Waals surface area (Å²) in [6.45, 7) is 6.96. The van der Waals surface area contributed by atoms with E-state index in [4.69, 9.17) is 0 Å².